The van der Waals surface area contributed by atoms with Crippen molar-refractivity contribution in [3.63, 3.8) is 0 Å². The zero-order chi connectivity index (χ0) is 16.2. The molecule has 7 nitrogen and oxygen atoms in total. The van der Waals surface area contributed by atoms with Crippen LogP contribution in [0.2, 0.25) is 0 Å². The lowest BCUT2D eigenvalue weighted by atomic mass is 10.2. The number of aromatic nitrogens is 4. The Hall–Kier alpha value is -1.96. The molecule has 0 saturated carbocycles. The summed E-state index contributed by atoms with van der Waals surface area (Å²) in [6, 6.07) is 1.94. The minimum absolute atomic E-state index is 0.0382. The molecule has 0 atom stereocenters. The van der Waals surface area contributed by atoms with Gasteiger partial charge in [0.15, 0.2) is 5.03 Å². The van der Waals surface area contributed by atoms with E-state index in [1.807, 2.05) is 13.8 Å². The first-order valence-corrected chi connectivity index (χ1v) is 8.79. The number of anilines is 1. The first-order chi connectivity index (χ1) is 10.4. The summed E-state index contributed by atoms with van der Waals surface area (Å²) in [5.74, 6) is 0.0766. The van der Waals surface area contributed by atoms with Gasteiger partial charge in [-0.1, -0.05) is 13.3 Å². The highest BCUT2D eigenvalue weighted by atomic mass is 32.2. The molecule has 1 N–H and O–H groups in total. The van der Waals surface area contributed by atoms with Crippen LogP contribution in [-0.4, -0.2) is 27.9 Å². The standard InChI is InChI=1S/C14H21N5O2S/c1-4-5-6-12-7-8-15-14(17-12)18-22(20,21)13-9-19(10-16-13)11(2)3/h7-11H,4-6H2,1-3H3,(H,15,17,18). The van der Waals surface area contributed by atoms with Gasteiger partial charge in [0.1, 0.15) is 0 Å². The quantitative estimate of drug-likeness (QED) is 0.845. The Balaban J connectivity index is 2.17. The largest absolute Gasteiger partial charge is 0.334 e. The molecular formula is C14H21N5O2S. The molecule has 22 heavy (non-hydrogen) atoms. The van der Waals surface area contributed by atoms with Crippen LogP contribution in [0.3, 0.4) is 0 Å². The zero-order valence-electron chi connectivity index (χ0n) is 13.0. The van der Waals surface area contributed by atoms with Gasteiger partial charge >= 0.3 is 0 Å². The summed E-state index contributed by atoms with van der Waals surface area (Å²) in [7, 11) is -3.77. The number of hydrogen-bond acceptors (Lipinski definition) is 5. The molecule has 2 heterocycles. The number of nitrogens with one attached hydrogen (secondary N) is 1. The van der Waals surface area contributed by atoms with Gasteiger partial charge in [-0.3, -0.25) is 0 Å². The average molecular weight is 323 g/mol. The third-order valence-electron chi connectivity index (χ3n) is 3.17. The second-order valence-corrected chi connectivity index (χ2v) is 6.96. The maximum absolute atomic E-state index is 12.3. The van der Waals surface area contributed by atoms with Crippen molar-refractivity contribution >= 4 is 16.0 Å². The first kappa shape index (κ1) is 16.4. The lowest BCUT2D eigenvalue weighted by Crippen LogP contribution is -2.16. The molecule has 0 aromatic carbocycles. The van der Waals surface area contributed by atoms with Crippen molar-refractivity contribution in [2.24, 2.45) is 0 Å². The smallest absolute Gasteiger partial charge is 0.283 e. The van der Waals surface area contributed by atoms with E-state index in [4.69, 9.17) is 0 Å². The Bertz CT molecular complexity index is 724. The van der Waals surface area contributed by atoms with Gasteiger partial charge in [-0.2, -0.15) is 8.42 Å². The summed E-state index contributed by atoms with van der Waals surface area (Å²) in [5.41, 5.74) is 0.822. The van der Waals surface area contributed by atoms with E-state index in [0.29, 0.717) is 0 Å². The predicted molar refractivity (Wildman–Crippen MR) is 84.1 cm³/mol. The van der Waals surface area contributed by atoms with Gasteiger partial charge < -0.3 is 4.57 Å². The van der Waals surface area contributed by atoms with Gasteiger partial charge in [-0.25, -0.2) is 19.7 Å². The minimum atomic E-state index is -3.77. The highest BCUT2D eigenvalue weighted by Crippen LogP contribution is 2.14. The van der Waals surface area contributed by atoms with Gasteiger partial charge in [-0.05, 0) is 32.8 Å². The summed E-state index contributed by atoms with van der Waals surface area (Å²) in [6.07, 6.45) is 7.41. The van der Waals surface area contributed by atoms with Crippen molar-refractivity contribution in [3.8, 4) is 0 Å². The molecule has 0 saturated heterocycles. The molecule has 8 heteroatoms. The molecule has 0 aliphatic heterocycles. The lowest BCUT2D eigenvalue weighted by molar-refractivity contribution is 0.591. The number of nitrogens with zero attached hydrogens (tertiary/aromatic N) is 4. The summed E-state index contributed by atoms with van der Waals surface area (Å²) >= 11 is 0. The van der Waals surface area contributed by atoms with Crippen LogP contribution in [-0.2, 0) is 16.4 Å². The molecule has 0 fully saturated rings. The van der Waals surface area contributed by atoms with Gasteiger partial charge in [0.05, 0.1) is 6.33 Å². The normalized spacial score (nSPS) is 11.8. The molecular weight excluding hydrogens is 302 g/mol. The Morgan fingerprint density at radius 3 is 2.73 bits per heavy atom. The van der Waals surface area contributed by atoms with E-state index >= 15 is 0 Å². The van der Waals surface area contributed by atoms with Gasteiger partial charge in [0.2, 0.25) is 5.95 Å². The van der Waals surface area contributed by atoms with Crippen LogP contribution in [0.1, 0.15) is 45.3 Å². The molecule has 0 aliphatic carbocycles. The SMILES string of the molecule is CCCCc1ccnc(NS(=O)(=O)c2cn(C(C)C)cn2)n1. The van der Waals surface area contributed by atoms with E-state index in [-0.39, 0.29) is 17.0 Å². The Labute approximate surface area is 130 Å². The molecule has 0 bridgehead atoms. The molecule has 120 valence electrons. The molecule has 0 spiro atoms. The zero-order valence-corrected chi connectivity index (χ0v) is 13.8. The monoisotopic (exact) mass is 323 g/mol. The molecule has 0 amide bonds. The van der Waals surface area contributed by atoms with E-state index in [1.165, 1.54) is 12.5 Å². The van der Waals surface area contributed by atoms with Crippen LogP contribution in [0, 0.1) is 0 Å². The van der Waals surface area contributed by atoms with E-state index in [0.717, 1.165) is 25.0 Å². The van der Waals surface area contributed by atoms with Crippen molar-refractivity contribution < 1.29 is 8.42 Å². The molecule has 2 aromatic heterocycles. The van der Waals surface area contributed by atoms with Crippen LogP contribution in [0.5, 0.6) is 0 Å². The van der Waals surface area contributed by atoms with Crippen LogP contribution in [0.25, 0.3) is 0 Å². The number of aryl methyl sites for hydroxylation is 1. The Morgan fingerprint density at radius 1 is 1.32 bits per heavy atom. The van der Waals surface area contributed by atoms with Crippen LogP contribution in [0.15, 0.2) is 29.8 Å². The second-order valence-electron chi connectivity index (χ2n) is 5.33. The van der Waals surface area contributed by atoms with Gasteiger partial charge in [-0.15, -0.1) is 0 Å². The summed E-state index contributed by atoms with van der Waals surface area (Å²) in [6.45, 7) is 5.99. The lowest BCUT2D eigenvalue weighted by Gasteiger charge is -2.06. The van der Waals surface area contributed by atoms with Crippen LogP contribution in [0.4, 0.5) is 5.95 Å². The van der Waals surface area contributed by atoms with Crippen LogP contribution < -0.4 is 4.72 Å². The molecule has 0 radical (unpaired) electrons. The summed E-state index contributed by atoms with van der Waals surface area (Å²) in [4.78, 5) is 12.1. The van der Waals surface area contributed by atoms with Crippen molar-refractivity contribution in [1.29, 1.82) is 0 Å². The molecule has 2 rings (SSSR count). The Morgan fingerprint density at radius 2 is 2.09 bits per heavy atom. The highest BCUT2D eigenvalue weighted by molar-refractivity contribution is 7.92. The summed E-state index contributed by atoms with van der Waals surface area (Å²) in [5, 5.41) is -0.0382. The van der Waals surface area contributed by atoms with Crippen molar-refractivity contribution in [1.82, 2.24) is 19.5 Å². The van der Waals surface area contributed by atoms with E-state index in [9.17, 15) is 8.42 Å². The maximum Gasteiger partial charge on any atom is 0.283 e. The fraction of sp³-hybridized carbons (Fsp3) is 0.500. The van der Waals surface area contributed by atoms with E-state index < -0.39 is 10.0 Å². The Kier molecular flexibility index (Phi) is 5.12. The number of imidazole rings is 1. The molecule has 2 aromatic rings. The number of rotatable bonds is 7. The average Bonchev–Trinajstić information content (AvgIpc) is 2.96. The number of sulfonamides is 1. The predicted octanol–water partition coefficient (Wildman–Crippen LogP) is 2.40. The fourth-order valence-electron chi connectivity index (χ4n) is 1.85. The van der Waals surface area contributed by atoms with Gasteiger partial charge in [0.25, 0.3) is 10.0 Å². The van der Waals surface area contributed by atoms with E-state index in [1.54, 1.807) is 16.8 Å². The molecule has 0 unspecified atom stereocenters. The third-order valence-corrected chi connectivity index (χ3v) is 4.39. The van der Waals surface area contributed by atoms with Crippen molar-refractivity contribution in [3.05, 3.63) is 30.5 Å². The first-order valence-electron chi connectivity index (χ1n) is 7.30. The fourth-order valence-corrected chi connectivity index (χ4v) is 2.74. The van der Waals surface area contributed by atoms with Crippen molar-refractivity contribution in [2.75, 3.05) is 4.72 Å². The maximum atomic E-state index is 12.3. The third kappa shape index (κ3) is 4.03. The minimum Gasteiger partial charge on any atom is -0.334 e. The van der Waals surface area contributed by atoms with Crippen molar-refractivity contribution in [2.45, 2.75) is 51.1 Å². The van der Waals surface area contributed by atoms with Gasteiger partial charge in [0, 0.05) is 24.1 Å². The van der Waals surface area contributed by atoms with E-state index in [2.05, 4.69) is 26.6 Å². The number of unbranched alkanes of at least 4 members (excludes halogenated alkanes) is 1. The molecule has 0 aliphatic rings. The second kappa shape index (κ2) is 6.87. The van der Waals surface area contributed by atoms with Crippen LogP contribution >= 0.6 is 0 Å². The number of hydrogen-bond donors (Lipinski definition) is 1. The highest BCUT2D eigenvalue weighted by Gasteiger charge is 2.19. The topological polar surface area (TPSA) is 89.8 Å². The summed E-state index contributed by atoms with van der Waals surface area (Å²) < 4.78 is 28.7.